The molecular weight excluding hydrogens is 336 g/mol. The average molecular weight is 347 g/mol. The summed E-state index contributed by atoms with van der Waals surface area (Å²) in [4.78, 5) is 15.1. The lowest BCUT2D eigenvalue weighted by molar-refractivity contribution is 0.102. The molecule has 0 spiro atoms. The van der Waals surface area contributed by atoms with Crippen molar-refractivity contribution in [2.75, 3.05) is 5.32 Å². The Morgan fingerprint density at radius 3 is 2.81 bits per heavy atom. The van der Waals surface area contributed by atoms with Gasteiger partial charge in [-0.15, -0.1) is 10.2 Å². The maximum absolute atomic E-state index is 12.2. The maximum atomic E-state index is 12.2. The van der Waals surface area contributed by atoms with Gasteiger partial charge in [0.1, 0.15) is 5.69 Å². The van der Waals surface area contributed by atoms with Crippen LogP contribution in [0.3, 0.4) is 0 Å². The van der Waals surface area contributed by atoms with E-state index in [-0.39, 0.29) is 5.91 Å². The van der Waals surface area contributed by atoms with Gasteiger partial charge in [0.25, 0.3) is 5.91 Å². The minimum absolute atomic E-state index is 0.246. The van der Waals surface area contributed by atoms with Crippen LogP contribution < -0.4 is 5.32 Å². The molecule has 0 radical (unpaired) electrons. The Hall–Kier alpha value is -2.41. The molecule has 0 fully saturated rings. The van der Waals surface area contributed by atoms with E-state index in [1.54, 1.807) is 25.3 Å². The summed E-state index contributed by atoms with van der Waals surface area (Å²) in [6.45, 7) is 1.72. The number of anilines is 1. The average Bonchev–Trinajstić information content (AvgIpc) is 3.08. The largest absolute Gasteiger partial charge is 0.421 e. The zero-order valence-electron chi connectivity index (χ0n) is 11.1. The Bertz CT molecular complexity index is 794. The first kappa shape index (κ1) is 13.6. The molecule has 2 heterocycles. The lowest BCUT2D eigenvalue weighted by Gasteiger charge is -2.07. The van der Waals surface area contributed by atoms with Gasteiger partial charge < -0.3 is 14.7 Å². The molecule has 7 heteroatoms. The molecule has 0 aliphatic carbocycles. The zero-order valence-corrected chi connectivity index (χ0v) is 12.6. The van der Waals surface area contributed by atoms with Crippen LogP contribution in [0.25, 0.3) is 11.5 Å². The SMILES string of the molecule is Cc1nnc(-c2ccccc2NC(=O)c2cc(Br)c[nH]2)o1. The van der Waals surface area contributed by atoms with Crippen LogP contribution in [0.1, 0.15) is 16.4 Å². The Kier molecular flexibility index (Phi) is 3.57. The number of benzene rings is 1. The summed E-state index contributed by atoms with van der Waals surface area (Å²) in [7, 11) is 0. The van der Waals surface area contributed by atoms with Crippen molar-refractivity contribution in [3.8, 4) is 11.5 Å². The van der Waals surface area contributed by atoms with Crippen LogP contribution in [0, 0.1) is 6.92 Å². The zero-order chi connectivity index (χ0) is 14.8. The number of carbonyl (C=O) groups is 1. The second-order valence-electron chi connectivity index (χ2n) is 4.36. The summed E-state index contributed by atoms with van der Waals surface area (Å²) >= 11 is 3.30. The van der Waals surface area contributed by atoms with Crippen molar-refractivity contribution >= 4 is 27.5 Å². The van der Waals surface area contributed by atoms with E-state index in [9.17, 15) is 4.79 Å². The van der Waals surface area contributed by atoms with E-state index >= 15 is 0 Å². The van der Waals surface area contributed by atoms with Gasteiger partial charge in [0.05, 0.1) is 11.3 Å². The third kappa shape index (κ3) is 2.87. The van der Waals surface area contributed by atoms with E-state index < -0.39 is 0 Å². The number of H-pyrrole nitrogens is 1. The molecule has 1 aromatic carbocycles. The second-order valence-corrected chi connectivity index (χ2v) is 5.27. The summed E-state index contributed by atoms with van der Waals surface area (Å²) in [6.07, 6.45) is 1.70. The topological polar surface area (TPSA) is 83.8 Å². The number of hydrogen-bond acceptors (Lipinski definition) is 4. The van der Waals surface area contributed by atoms with Crippen molar-refractivity contribution in [1.82, 2.24) is 15.2 Å². The molecule has 0 aliphatic rings. The van der Waals surface area contributed by atoms with Gasteiger partial charge >= 0.3 is 0 Å². The predicted molar refractivity (Wildman–Crippen MR) is 80.9 cm³/mol. The fourth-order valence-corrected chi connectivity index (χ4v) is 2.22. The molecule has 0 saturated heterocycles. The van der Waals surface area contributed by atoms with Gasteiger partial charge in [0.15, 0.2) is 0 Å². The molecule has 0 unspecified atom stereocenters. The monoisotopic (exact) mass is 346 g/mol. The number of aryl methyl sites for hydroxylation is 1. The Labute approximate surface area is 128 Å². The number of aromatic amines is 1. The van der Waals surface area contributed by atoms with E-state index in [1.807, 2.05) is 18.2 Å². The molecule has 3 rings (SSSR count). The predicted octanol–water partition coefficient (Wildman–Crippen LogP) is 3.39. The van der Waals surface area contributed by atoms with Gasteiger partial charge in [-0.1, -0.05) is 12.1 Å². The van der Waals surface area contributed by atoms with Crippen LogP contribution >= 0.6 is 15.9 Å². The molecule has 1 amide bonds. The third-order valence-corrected chi connectivity index (χ3v) is 3.28. The first-order chi connectivity index (χ1) is 10.1. The van der Waals surface area contributed by atoms with Crippen molar-refractivity contribution in [2.45, 2.75) is 6.92 Å². The lowest BCUT2D eigenvalue weighted by Crippen LogP contribution is -2.12. The molecule has 106 valence electrons. The number of carbonyl (C=O) groups excluding carboxylic acids is 1. The van der Waals surface area contributed by atoms with E-state index in [0.717, 1.165) is 4.47 Å². The fourth-order valence-electron chi connectivity index (χ4n) is 1.87. The molecule has 3 aromatic rings. The third-order valence-electron chi connectivity index (χ3n) is 2.82. The van der Waals surface area contributed by atoms with Gasteiger partial charge in [0.2, 0.25) is 11.8 Å². The normalized spacial score (nSPS) is 10.6. The smallest absolute Gasteiger partial charge is 0.272 e. The van der Waals surface area contributed by atoms with Gasteiger partial charge in [-0.25, -0.2) is 0 Å². The highest BCUT2D eigenvalue weighted by molar-refractivity contribution is 9.10. The lowest BCUT2D eigenvalue weighted by atomic mass is 10.1. The maximum Gasteiger partial charge on any atom is 0.272 e. The van der Waals surface area contributed by atoms with Crippen LogP contribution in [0.2, 0.25) is 0 Å². The number of rotatable bonds is 3. The van der Waals surface area contributed by atoms with E-state index in [2.05, 4.69) is 36.4 Å². The first-order valence-corrected chi connectivity index (χ1v) is 6.97. The Morgan fingerprint density at radius 2 is 2.14 bits per heavy atom. The van der Waals surface area contributed by atoms with Gasteiger partial charge in [0, 0.05) is 17.6 Å². The summed E-state index contributed by atoms with van der Waals surface area (Å²) in [5, 5.41) is 10.6. The molecular formula is C14H11BrN4O2. The molecule has 0 atom stereocenters. The van der Waals surface area contributed by atoms with E-state index in [0.29, 0.717) is 28.7 Å². The van der Waals surface area contributed by atoms with Crippen LogP contribution in [0.15, 0.2) is 45.4 Å². The molecule has 6 nitrogen and oxygen atoms in total. The standard InChI is InChI=1S/C14H11BrN4O2/c1-8-18-19-14(21-8)10-4-2-3-5-11(10)17-13(20)12-6-9(15)7-16-12/h2-7,16H,1H3,(H,17,20). The number of hydrogen-bond donors (Lipinski definition) is 2. The highest BCUT2D eigenvalue weighted by Crippen LogP contribution is 2.27. The van der Waals surface area contributed by atoms with Gasteiger partial charge in [-0.2, -0.15) is 0 Å². The number of para-hydroxylation sites is 1. The second kappa shape index (κ2) is 5.53. The number of aromatic nitrogens is 3. The summed E-state index contributed by atoms with van der Waals surface area (Å²) in [6, 6.07) is 8.97. The van der Waals surface area contributed by atoms with Crippen LogP contribution in [0.4, 0.5) is 5.69 Å². The highest BCUT2D eigenvalue weighted by Gasteiger charge is 2.14. The summed E-state index contributed by atoms with van der Waals surface area (Å²) in [5.41, 5.74) is 1.74. The summed E-state index contributed by atoms with van der Waals surface area (Å²) < 4.78 is 6.23. The molecule has 2 aromatic heterocycles. The number of nitrogens with zero attached hydrogens (tertiary/aromatic N) is 2. The molecule has 0 aliphatic heterocycles. The van der Waals surface area contributed by atoms with E-state index in [1.165, 1.54) is 0 Å². The fraction of sp³-hybridized carbons (Fsp3) is 0.0714. The minimum Gasteiger partial charge on any atom is -0.421 e. The first-order valence-electron chi connectivity index (χ1n) is 6.18. The summed E-state index contributed by atoms with van der Waals surface area (Å²) in [5.74, 6) is 0.597. The Balaban J connectivity index is 1.91. The van der Waals surface area contributed by atoms with E-state index in [4.69, 9.17) is 4.42 Å². The molecule has 0 saturated carbocycles. The molecule has 0 bridgehead atoms. The number of halogens is 1. The Morgan fingerprint density at radius 1 is 1.33 bits per heavy atom. The van der Waals surface area contributed by atoms with Crippen molar-refractivity contribution in [3.05, 3.63) is 52.6 Å². The highest BCUT2D eigenvalue weighted by atomic mass is 79.9. The quantitative estimate of drug-likeness (QED) is 0.761. The molecule has 21 heavy (non-hydrogen) atoms. The van der Waals surface area contributed by atoms with Crippen molar-refractivity contribution in [2.24, 2.45) is 0 Å². The minimum atomic E-state index is -0.246. The van der Waals surface area contributed by atoms with Crippen molar-refractivity contribution < 1.29 is 9.21 Å². The van der Waals surface area contributed by atoms with Crippen LogP contribution in [0.5, 0.6) is 0 Å². The van der Waals surface area contributed by atoms with Crippen molar-refractivity contribution in [3.63, 3.8) is 0 Å². The van der Waals surface area contributed by atoms with Crippen LogP contribution in [-0.4, -0.2) is 21.1 Å². The number of amides is 1. The molecule has 2 N–H and O–H groups in total. The van der Waals surface area contributed by atoms with Gasteiger partial charge in [-0.05, 0) is 34.1 Å². The van der Waals surface area contributed by atoms with Crippen LogP contribution in [-0.2, 0) is 0 Å². The van der Waals surface area contributed by atoms with Gasteiger partial charge in [-0.3, -0.25) is 4.79 Å². The van der Waals surface area contributed by atoms with Crippen molar-refractivity contribution in [1.29, 1.82) is 0 Å². The number of nitrogens with one attached hydrogen (secondary N) is 2.